The summed E-state index contributed by atoms with van der Waals surface area (Å²) in [5.41, 5.74) is 2.07. The number of aryl methyl sites for hydroxylation is 2. The summed E-state index contributed by atoms with van der Waals surface area (Å²) in [5, 5.41) is 8.45. The largest absolute Gasteiger partial charge is 0.481 e. The van der Waals surface area contributed by atoms with Gasteiger partial charge in [-0.3, -0.25) is 4.79 Å². The van der Waals surface area contributed by atoms with Crippen LogP contribution >= 0.6 is 11.5 Å². The van der Waals surface area contributed by atoms with E-state index in [2.05, 4.69) is 4.37 Å². The Balaban J connectivity index is 2.63. The van der Waals surface area contributed by atoms with E-state index >= 15 is 0 Å². The summed E-state index contributed by atoms with van der Waals surface area (Å²) in [4.78, 5) is 11.4. The van der Waals surface area contributed by atoms with Gasteiger partial charge < -0.3 is 5.11 Å². The molecule has 66 valence electrons. The molecule has 0 radical (unpaired) electrons. The Bertz CT molecular complexity index is 293. The summed E-state index contributed by atoms with van der Waals surface area (Å²) >= 11 is 1.44. The number of nitrogens with zero attached hydrogens (tertiary/aromatic N) is 1. The summed E-state index contributed by atoms with van der Waals surface area (Å²) in [6, 6.07) is 0. The Morgan fingerprint density at radius 2 is 2.25 bits per heavy atom. The van der Waals surface area contributed by atoms with Crippen molar-refractivity contribution in [3.05, 3.63) is 16.1 Å². The molecule has 0 atom stereocenters. The predicted octanol–water partition coefficient (Wildman–Crippen LogP) is 1.78. The van der Waals surface area contributed by atoms with Crippen LogP contribution in [0, 0.1) is 13.8 Å². The summed E-state index contributed by atoms with van der Waals surface area (Å²) in [5.74, 6) is -0.764. The van der Waals surface area contributed by atoms with Crippen LogP contribution in [0.1, 0.15) is 22.6 Å². The molecule has 0 aliphatic rings. The van der Waals surface area contributed by atoms with Gasteiger partial charge in [-0.2, -0.15) is 4.37 Å². The third-order valence-corrected chi connectivity index (χ3v) is 2.72. The highest BCUT2D eigenvalue weighted by Crippen LogP contribution is 2.17. The minimum atomic E-state index is -0.764. The molecule has 1 heterocycles. The minimum absolute atomic E-state index is 0.171. The van der Waals surface area contributed by atoms with E-state index in [9.17, 15) is 4.79 Å². The van der Waals surface area contributed by atoms with Crippen LogP contribution in [-0.2, 0) is 11.2 Å². The zero-order chi connectivity index (χ0) is 9.14. The van der Waals surface area contributed by atoms with E-state index in [0.29, 0.717) is 6.42 Å². The lowest BCUT2D eigenvalue weighted by Gasteiger charge is -1.94. The normalized spacial score (nSPS) is 10.2. The number of carbonyl (C=O) groups is 1. The van der Waals surface area contributed by atoms with Crippen LogP contribution in [0.25, 0.3) is 0 Å². The molecule has 0 saturated heterocycles. The first-order valence-electron chi connectivity index (χ1n) is 3.75. The molecule has 0 unspecified atom stereocenters. The number of hydrogen-bond acceptors (Lipinski definition) is 3. The first kappa shape index (κ1) is 9.19. The molecule has 0 aliphatic carbocycles. The van der Waals surface area contributed by atoms with E-state index in [0.717, 1.165) is 11.3 Å². The van der Waals surface area contributed by atoms with Crippen molar-refractivity contribution in [3.63, 3.8) is 0 Å². The lowest BCUT2D eigenvalue weighted by atomic mass is 10.1. The van der Waals surface area contributed by atoms with Crippen molar-refractivity contribution in [2.24, 2.45) is 0 Å². The van der Waals surface area contributed by atoms with E-state index < -0.39 is 5.97 Å². The highest BCUT2D eigenvalue weighted by Gasteiger charge is 2.07. The van der Waals surface area contributed by atoms with Gasteiger partial charge in [-0.15, -0.1) is 0 Å². The Morgan fingerprint density at radius 1 is 1.58 bits per heavy atom. The Labute approximate surface area is 75.2 Å². The molecule has 4 heteroatoms. The third kappa shape index (κ3) is 2.04. The fourth-order valence-electron chi connectivity index (χ4n) is 0.922. The Hall–Kier alpha value is -0.900. The maximum Gasteiger partial charge on any atom is 0.303 e. The molecule has 1 rings (SSSR count). The average Bonchev–Trinajstić information content (AvgIpc) is 2.30. The van der Waals surface area contributed by atoms with E-state index in [1.54, 1.807) is 0 Å². The molecule has 0 aliphatic heterocycles. The van der Waals surface area contributed by atoms with Gasteiger partial charge in [-0.05, 0) is 30.9 Å². The fourth-order valence-corrected chi connectivity index (χ4v) is 1.65. The van der Waals surface area contributed by atoms with Crippen molar-refractivity contribution in [2.75, 3.05) is 0 Å². The van der Waals surface area contributed by atoms with Gasteiger partial charge in [0.1, 0.15) is 0 Å². The fraction of sp³-hybridized carbons (Fsp3) is 0.500. The lowest BCUT2D eigenvalue weighted by molar-refractivity contribution is -0.136. The smallest absolute Gasteiger partial charge is 0.303 e. The first-order valence-corrected chi connectivity index (χ1v) is 4.52. The first-order chi connectivity index (χ1) is 5.61. The maximum atomic E-state index is 10.3. The number of rotatable bonds is 3. The molecular formula is C8H11NO2S. The molecule has 0 spiro atoms. The van der Waals surface area contributed by atoms with Crippen LogP contribution in [0.5, 0.6) is 0 Å². The SMILES string of the molecule is Cc1snc(CCC(=O)O)c1C. The third-order valence-electron chi connectivity index (χ3n) is 1.83. The summed E-state index contributed by atoms with van der Waals surface area (Å²) in [6.07, 6.45) is 0.718. The van der Waals surface area contributed by atoms with Crippen LogP contribution in [0.3, 0.4) is 0 Å². The molecule has 0 saturated carbocycles. The van der Waals surface area contributed by atoms with Gasteiger partial charge in [-0.25, -0.2) is 0 Å². The topological polar surface area (TPSA) is 50.2 Å². The number of aliphatic carboxylic acids is 1. The summed E-state index contributed by atoms with van der Waals surface area (Å²) < 4.78 is 4.17. The molecule has 1 N–H and O–H groups in total. The maximum absolute atomic E-state index is 10.3. The van der Waals surface area contributed by atoms with Crippen LogP contribution in [0.15, 0.2) is 0 Å². The highest BCUT2D eigenvalue weighted by molar-refractivity contribution is 7.05. The van der Waals surface area contributed by atoms with E-state index in [1.165, 1.54) is 16.4 Å². The van der Waals surface area contributed by atoms with Crippen LogP contribution in [-0.4, -0.2) is 15.4 Å². The molecule has 0 fully saturated rings. The van der Waals surface area contributed by atoms with Crippen molar-refractivity contribution in [3.8, 4) is 0 Å². The summed E-state index contributed by atoms with van der Waals surface area (Å²) in [7, 11) is 0. The molecule has 12 heavy (non-hydrogen) atoms. The monoisotopic (exact) mass is 185 g/mol. The second-order valence-electron chi connectivity index (χ2n) is 2.70. The van der Waals surface area contributed by atoms with Gasteiger partial charge in [0.2, 0.25) is 0 Å². The molecule has 1 aromatic rings. The van der Waals surface area contributed by atoms with Gasteiger partial charge in [0.15, 0.2) is 0 Å². The molecule has 3 nitrogen and oxygen atoms in total. The molecule has 0 amide bonds. The van der Waals surface area contributed by atoms with Crippen LogP contribution in [0.4, 0.5) is 0 Å². The van der Waals surface area contributed by atoms with Crippen molar-refractivity contribution < 1.29 is 9.90 Å². The number of aromatic nitrogens is 1. The van der Waals surface area contributed by atoms with Crippen molar-refractivity contribution in [1.82, 2.24) is 4.37 Å². The second-order valence-corrected chi connectivity index (χ2v) is 3.68. The number of carboxylic acids is 1. The quantitative estimate of drug-likeness (QED) is 0.780. The van der Waals surface area contributed by atoms with Gasteiger partial charge in [0.05, 0.1) is 12.1 Å². The van der Waals surface area contributed by atoms with Crippen molar-refractivity contribution in [1.29, 1.82) is 0 Å². The zero-order valence-corrected chi connectivity index (χ0v) is 7.94. The molecular weight excluding hydrogens is 174 g/mol. The molecule has 0 bridgehead atoms. The second kappa shape index (κ2) is 3.67. The van der Waals surface area contributed by atoms with Gasteiger partial charge in [0, 0.05) is 11.3 Å². The molecule has 0 aromatic carbocycles. The number of carboxylic acid groups (broad SMARTS) is 1. The Kier molecular flexibility index (Phi) is 2.81. The van der Waals surface area contributed by atoms with Gasteiger partial charge >= 0.3 is 5.97 Å². The van der Waals surface area contributed by atoms with E-state index in [1.807, 2.05) is 13.8 Å². The van der Waals surface area contributed by atoms with E-state index in [-0.39, 0.29) is 6.42 Å². The molecule has 1 aromatic heterocycles. The highest BCUT2D eigenvalue weighted by atomic mass is 32.1. The van der Waals surface area contributed by atoms with Crippen molar-refractivity contribution in [2.45, 2.75) is 26.7 Å². The standard InChI is InChI=1S/C8H11NO2S/c1-5-6(2)12-9-7(5)3-4-8(10)11/h3-4H2,1-2H3,(H,10,11). The summed E-state index contributed by atoms with van der Waals surface area (Å²) in [6.45, 7) is 3.98. The van der Waals surface area contributed by atoms with E-state index in [4.69, 9.17) is 5.11 Å². The van der Waals surface area contributed by atoms with Gasteiger partial charge in [0.25, 0.3) is 0 Å². The zero-order valence-electron chi connectivity index (χ0n) is 7.13. The van der Waals surface area contributed by atoms with Gasteiger partial charge in [-0.1, -0.05) is 0 Å². The van der Waals surface area contributed by atoms with Crippen molar-refractivity contribution >= 4 is 17.5 Å². The minimum Gasteiger partial charge on any atom is -0.481 e. The van der Waals surface area contributed by atoms with Crippen LogP contribution in [0.2, 0.25) is 0 Å². The lowest BCUT2D eigenvalue weighted by Crippen LogP contribution is -1.98. The predicted molar refractivity (Wildman–Crippen MR) is 47.5 cm³/mol. The average molecular weight is 185 g/mol. The van der Waals surface area contributed by atoms with Crippen LogP contribution < -0.4 is 0 Å². The number of hydrogen-bond donors (Lipinski definition) is 1. The Morgan fingerprint density at radius 3 is 2.67 bits per heavy atom.